The molecule has 0 saturated carbocycles. The maximum Gasteiger partial charge on any atom is 0.261 e. The van der Waals surface area contributed by atoms with Crippen molar-refractivity contribution in [3.63, 3.8) is 0 Å². The average Bonchev–Trinajstić information content (AvgIpc) is 2.56. The van der Waals surface area contributed by atoms with Crippen LogP contribution in [0.4, 0.5) is 11.5 Å². The molecule has 0 atom stereocenters. The second kappa shape index (κ2) is 8.17. The Morgan fingerprint density at radius 1 is 1.20 bits per heavy atom. The highest BCUT2D eigenvalue weighted by Crippen LogP contribution is 2.23. The SMILES string of the molecule is COc1ccc(S(=O)(=O)Nc2ccc(NCCN(C)C)nc2)cc1C. The van der Waals surface area contributed by atoms with E-state index in [0.717, 1.165) is 18.7 Å². The van der Waals surface area contributed by atoms with E-state index in [2.05, 4.69) is 19.9 Å². The number of aryl methyl sites for hydroxylation is 1. The van der Waals surface area contributed by atoms with Crippen molar-refractivity contribution >= 4 is 21.5 Å². The zero-order chi connectivity index (χ0) is 18.4. The quantitative estimate of drug-likeness (QED) is 0.747. The monoisotopic (exact) mass is 364 g/mol. The minimum atomic E-state index is -3.67. The van der Waals surface area contributed by atoms with Crippen LogP contribution < -0.4 is 14.8 Å². The molecule has 25 heavy (non-hydrogen) atoms. The van der Waals surface area contributed by atoms with Gasteiger partial charge in [0.05, 0.1) is 23.9 Å². The van der Waals surface area contributed by atoms with Crippen LogP contribution in [-0.4, -0.2) is 52.6 Å². The van der Waals surface area contributed by atoms with E-state index in [1.165, 1.54) is 12.3 Å². The van der Waals surface area contributed by atoms with E-state index in [-0.39, 0.29) is 4.90 Å². The van der Waals surface area contributed by atoms with Crippen molar-refractivity contribution < 1.29 is 13.2 Å². The van der Waals surface area contributed by atoms with Crippen LogP contribution in [0, 0.1) is 6.92 Å². The van der Waals surface area contributed by atoms with E-state index in [1.807, 2.05) is 14.1 Å². The zero-order valence-electron chi connectivity index (χ0n) is 14.9. The van der Waals surface area contributed by atoms with Crippen LogP contribution in [0.2, 0.25) is 0 Å². The fourth-order valence-electron chi connectivity index (χ4n) is 2.20. The molecule has 0 bridgehead atoms. The number of anilines is 2. The summed E-state index contributed by atoms with van der Waals surface area (Å²) in [5.41, 5.74) is 1.16. The lowest BCUT2D eigenvalue weighted by Gasteiger charge is -2.12. The topological polar surface area (TPSA) is 83.6 Å². The fraction of sp³-hybridized carbons (Fsp3) is 0.353. The Kier molecular flexibility index (Phi) is 6.22. The van der Waals surface area contributed by atoms with Crippen LogP contribution in [0.25, 0.3) is 0 Å². The Labute approximate surface area is 149 Å². The van der Waals surface area contributed by atoms with Gasteiger partial charge in [-0.05, 0) is 56.9 Å². The molecule has 0 saturated heterocycles. The molecule has 2 aromatic rings. The van der Waals surface area contributed by atoms with Crippen molar-refractivity contribution in [3.05, 3.63) is 42.1 Å². The van der Waals surface area contributed by atoms with Gasteiger partial charge < -0.3 is 15.0 Å². The molecule has 0 amide bonds. The van der Waals surface area contributed by atoms with Crippen molar-refractivity contribution in [2.45, 2.75) is 11.8 Å². The molecule has 0 aliphatic carbocycles. The third-order valence-electron chi connectivity index (χ3n) is 3.56. The highest BCUT2D eigenvalue weighted by atomic mass is 32.2. The molecule has 2 N–H and O–H groups in total. The van der Waals surface area contributed by atoms with Crippen molar-refractivity contribution in [1.82, 2.24) is 9.88 Å². The number of pyridine rings is 1. The molecule has 2 rings (SSSR count). The molecule has 0 aliphatic rings. The summed E-state index contributed by atoms with van der Waals surface area (Å²) in [6.45, 7) is 3.44. The predicted molar refractivity (Wildman–Crippen MR) is 99.8 cm³/mol. The standard InChI is InChI=1S/C17H24N4O3S/c1-13-11-15(6-7-16(13)24-4)25(22,23)20-14-5-8-17(19-12-14)18-9-10-21(2)3/h5-8,11-12,20H,9-10H2,1-4H3,(H,18,19). The number of rotatable bonds is 8. The van der Waals surface area contributed by atoms with E-state index >= 15 is 0 Å². The minimum Gasteiger partial charge on any atom is -0.496 e. The lowest BCUT2D eigenvalue weighted by Crippen LogP contribution is -2.21. The maximum atomic E-state index is 12.5. The first-order valence-electron chi connectivity index (χ1n) is 7.84. The molecule has 8 heteroatoms. The van der Waals surface area contributed by atoms with Gasteiger partial charge in [-0.1, -0.05) is 0 Å². The number of hydrogen-bond donors (Lipinski definition) is 2. The molecule has 136 valence electrons. The largest absolute Gasteiger partial charge is 0.496 e. The van der Waals surface area contributed by atoms with Gasteiger partial charge in [0.25, 0.3) is 10.0 Å². The summed E-state index contributed by atoms with van der Waals surface area (Å²) in [6.07, 6.45) is 1.49. The number of aromatic nitrogens is 1. The molecule has 1 aromatic heterocycles. The van der Waals surface area contributed by atoms with Crippen LogP contribution in [0.1, 0.15) is 5.56 Å². The van der Waals surface area contributed by atoms with Crippen molar-refractivity contribution in [2.75, 3.05) is 44.3 Å². The van der Waals surface area contributed by atoms with Gasteiger partial charge >= 0.3 is 0 Å². The number of likely N-dealkylation sites (N-methyl/N-ethyl adjacent to an activating group) is 1. The van der Waals surface area contributed by atoms with Crippen molar-refractivity contribution in [1.29, 1.82) is 0 Å². The highest BCUT2D eigenvalue weighted by molar-refractivity contribution is 7.92. The number of hydrogen-bond acceptors (Lipinski definition) is 6. The van der Waals surface area contributed by atoms with Crippen LogP contribution in [0.15, 0.2) is 41.4 Å². The Balaban J connectivity index is 2.06. The summed E-state index contributed by atoms with van der Waals surface area (Å²) >= 11 is 0. The second-order valence-corrected chi connectivity index (χ2v) is 7.58. The summed E-state index contributed by atoms with van der Waals surface area (Å²) in [5.74, 6) is 1.35. The Morgan fingerprint density at radius 3 is 2.52 bits per heavy atom. The summed E-state index contributed by atoms with van der Waals surface area (Å²) in [6, 6.07) is 8.15. The predicted octanol–water partition coefficient (Wildman–Crippen LogP) is 2.17. The van der Waals surface area contributed by atoms with Crippen molar-refractivity contribution in [3.8, 4) is 5.75 Å². The highest BCUT2D eigenvalue weighted by Gasteiger charge is 2.15. The summed E-state index contributed by atoms with van der Waals surface area (Å²) in [7, 11) is 1.86. The molecule has 1 heterocycles. The fourth-order valence-corrected chi connectivity index (χ4v) is 3.33. The Morgan fingerprint density at radius 2 is 1.96 bits per heavy atom. The minimum absolute atomic E-state index is 0.180. The van der Waals surface area contributed by atoms with Crippen LogP contribution >= 0.6 is 0 Å². The van der Waals surface area contributed by atoms with E-state index in [1.54, 1.807) is 38.3 Å². The molecule has 0 unspecified atom stereocenters. The van der Waals surface area contributed by atoms with E-state index in [9.17, 15) is 8.42 Å². The van der Waals surface area contributed by atoms with Gasteiger partial charge in [0.2, 0.25) is 0 Å². The summed E-state index contributed by atoms with van der Waals surface area (Å²) in [4.78, 5) is 6.46. The van der Waals surface area contributed by atoms with Crippen LogP contribution in [0.5, 0.6) is 5.75 Å². The first kappa shape index (κ1) is 19.0. The summed E-state index contributed by atoms with van der Waals surface area (Å²) in [5, 5.41) is 3.17. The summed E-state index contributed by atoms with van der Waals surface area (Å²) < 4.78 is 32.7. The Bertz CT molecular complexity index is 805. The van der Waals surface area contributed by atoms with E-state index in [4.69, 9.17) is 4.74 Å². The third kappa shape index (κ3) is 5.33. The smallest absolute Gasteiger partial charge is 0.261 e. The van der Waals surface area contributed by atoms with Gasteiger partial charge in [-0.25, -0.2) is 13.4 Å². The maximum absolute atomic E-state index is 12.5. The van der Waals surface area contributed by atoms with Crippen LogP contribution in [-0.2, 0) is 10.0 Å². The van der Waals surface area contributed by atoms with Gasteiger partial charge in [0.15, 0.2) is 0 Å². The zero-order valence-corrected chi connectivity index (χ0v) is 15.7. The molecule has 1 aromatic carbocycles. The number of methoxy groups -OCH3 is 1. The van der Waals surface area contributed by atoms with Gasteiger partial charge in [0.1, 0.15) is 11.6 Å². The van der Waals surface area contributed by atoms with E-state index in [0.29, 0.717) is 17.3 Å². The van der Waals surface area contributed by atoms with Crippen LogP contribution in [0.3, 0.4) is 0 Å². The third-order valence-corrected chi connectivity index (χ3v) is 4.94. The first-order valence-corrected chi connectivity index (χ1v) is 9.32. The number of sulfonamides is 1. The molecule has 0 spiro atoms. The van der Waals surface area contributed by atoms with Gasteiger partial charge in [-0.3, -0.25) is 4.72 Å². The molecular weight excluding hydrogens is 340 g/mol. The van der Waals surface area contributed by atoms with Gasteiger partial charge in [-0.15, -0.1) is 0 Å². The molecule has 7 nitrogen and oxygen atoms in total. The normalized spacial score (nSPS) is 11.4. The number of nitrogens with one attached hydrogen (secondary N) is 2. The van der Waals surface area contributed by atoms with E-state index < -0.39 is 10.0 Å². The second-order valence-electron chi connectivity index (χ2n) is 5.90. The van der Waals surface area contributed by atoms with Crippen molar-refractivity contribution in [2.24, 2.45) is 0 Å². The lowest BCUT2D eigenvalue weighted by molar-refractivity contribution is 0.411. The van der Waals surface area contributed by atoms with Gasteiger partial charge in [0, 0.05) is 13.1 Å². The lowest BCUT2D eigenvalue weighted by atomic mass is 10.2. The number of ether oxygens (including phenoxy) is 1. The van der Waals surface area contributed by atoms with Gasteiger partial charge in [-0.2, -0.15) is 0 Å². The number of benzene rings is 1. The Hall–Kier alpha value is -2.32. The molecular formula is C17H24N4O3S. The molecule has 0 aliphatic heterocycles. The number of nitrogens with zero attached hydrogens (tertiary/aromatic N) is 2. The first-order chi connectivity index (χ1) is 11.8. The molecule has 0 radical (unpaired) electrons. The average molecular weight is 364 g/mol. The molecule has 0 fully saturated rings.